The molecule has 1 saturated heterocycles. The first-order valence-corrected chi connectivity index (χ1v) is 9.34. The predicted octanol–water partition coefficient (Wildman–Crippen LogP) is 3.31. The molecular formula is C21H25FN4. The van der Waals surface area contributed by atoms with Gasteiger partial charge in [0.25, 0.3) is 0 Å². The molecule has 1 aromatic heterocycles. The van der Waals surface area contributed by atoms with Crippen LogP contribution in [0.5, 0.6) is 0 Å². The summed E-state index contributed by atoms with van der Waals surface area (Å²) in [6, 6.07) is 13.6. The Bertz CT molecular complexity index is 783. The van der Waals surface area contributed by atoms with Gasteiger partial charge in [-0.05, 0) is 36.6 Å². The molecule has 0 saturated carbocycles. The summed E-state index contributed by atoms with van der Waals surface area (Å²) in [4.78, 5) is 11.0. The number of pyridine rings is 1. The zero-order valence-corrected chi connectivity index (χ0v) is 15.1. The summed E-state index contributed by atoms with van der Waals surface area (Å²) in [6.45, 7) is 9.96. The molecule has 0 bridgehead atoms. The van der Waals surface area contributed by atoms with Gasteiger partial charge in [0.1, 0.15) is 5.82 Å². The number of anilines is 2. The fourth-order valence-electron chi connectivity index (χ4n) is 3.86. The molecule has 0 radical (unpaired) electrons. The minimum absolute atomic E-state index is 0.410. The first-order valence-electron chi connectivity index (χ1n) is 9.34. The van der Waals surface area contributed by atoms with E-state index in [2.05, 4.69) is 50.5 Å². The van der Waals surface area contributed by atoms with Crippen molar-refractivity contribution in [3.05, 3.63) is 66.3 Å². The van der Waals surface area contributed by atoms with Crippen LogP contribution in [0.3, 0.4) is 0 Å². The normalized spacial score (nSPS) is 18.1. The molecule has 5 heteroatoms. The van der Waals surface area contributed by atoms with E-state index in [-0.39, 0.29) is 0 Å². The van der Waals surface area contributed by atoms with Crippen molar-refractivity contribution in [2.75, 3.05) is 49.1 Å². The minimum Gasteiger partial charge on any atom is -0.354 e. The van der Waals surface area contributed by atoms with Gasteiger partial charge >= 0.3 is 0 Å². The van der Waals surface area contributed by atoms with Gasteiger partial charge in [-0.2, -0.15) is 4.39 Å². The maximum absolute atomic E-state index is 13.3. The molecule has 0 amide bonds. The quantitative estimate of drug-likeness (QED) is 0.788. The SMILES string of the molecule is C=C1CCc2ccccc2N1CCN1CCN(c2cccc(F)n2)CC1. The Morgan fingerprint density at radius 2 is 1.73 bits per heavy atom. The second kappa shape index (κ2) is 7.46. The molecule has 3 heterocycles. The van der Waals surface area contributed by atoms with Crippen LogP contribution < -0.4 is 9.80 Å². The van der Waals surface area contributed by atoms with E-state index in [0.717, 1.165) is 57.9 Å². The third-order valence-corrected chi connectivity index (χ3v) is 5.38. The molecule has 2 aliphatic heterocycles. The van der Waals surface area contributed by atoms with Crippen LogP contribution in [0.25, 0.3) is 0 Å². The molecule has 136 valence electrons. The molecule has 0 spiro atoms. The van der Waals surface area contributed by atoms with Gasteiger partial charge < -0.3 is 9.80 Å². The average molecular weight is 352 g/mol. The number of aromatic nitrogens is 1. The molecule has 1 aromatic carbocycles. The second-order valence-corrected chi connectivity index (χ2v) is 6.99. The van der Waals surface area contributed by atoms with Gasteiger partial charge in [-0.1, -0.05) is 30.8 Å². The van der Waals surface area contributed by atoms with E-state index < -0.39 is 5.95 Å². The van der Waals surface area contributed by atoms with Crippen molar-refractivity contribution in [3.8, 4) is 0 Å². The number of fused-ring (bicyclic) bond motifs is 1. The molecule has 26 heavy (non-hydrogen) atoms. The van der Waals surface area contributed by atoms with Crippen molar-refractivity contribution in [1.82, 2.24) is 9.88 Å². The van der Waals surface area contributed by atoms with Gasteiger partial charge in [0.2, 0.25) is 5.95 Å². The Labute approximate surface area is 154 Å². The number of halogens is 1. The van der Waals surface area contributed by atoms with Crippen LogP contribution in [0.15, 0.2) is 54.7 Å². The first kappa shape index (κ1) is 17.0. The van der Waals surface area contributed by atoms with Gasteiger partial charge in [-0.15, -0.1) is 0 Å². The van der Waals surface area contributed by atoms with Crippen molar-refractivity contribution in [2.45, 2.75) is 12.8 Å². The van der Waals surface area contributed by atoms with Gasteiger partial charge in [0.15, 0.2) is 0 Å². The fourth-order valence-corrected chi connectivity index (χ4v) is 3.86. The third kappa shape index (κ3) is 3.58. The molecule has 2 aliphatic rings. The number of piperazine rings is 1. The van der Waals surface area contributed by atoms with Crippen molar-refractivity contribution in [3.63, 3.8) is 0 Å². The van der Waals surface area contributed by atoms with Gasteiger partial charge in [0.05, 0.1) is 0 Å². The summed E-state index contributed by atoms with van der Waals surface area (Å²) >= 11 is 0. The Hall–Kier alpha value is -2.40. The Morgan fingerprint density at radius 3 is 2.54 bits per heavy atom. The summed E-state index contributed by atoms with van der Waals surface area (Å²) in [5.41, 5.74) is 3.94. The zero-order chi connectivity index (χ0) is 17.9. The van der Waals surface area contributed by atoms with E-state index >= 15 is 0 Å². The van der Waals surface area contributed by atoms with E-state index in [9.17, 15) is 4.39 Å². The molecule has 1 fully saturated rings. The molecule has 4 rings (SSSR count). The van der Waals surface area contributed by atoms with Crippen molar-refractivity contribution < 1.29 is 4.39 Å². The highest BCUT2D eigenvalue weighted by atomic mass is 19.1. The summed E-state index contributed by atoms with van der Waals surface area (Å²) < 4.78 is 13.3. The van der Waals surface area contributed by atoms with Crippen LogP contribution in [0, 0.1) is 5.95 Å². The maximum Gasteiger partial charge on any atom is 0.214 e. The second-order valence-electron chi connectivity index (χ2n) is 6.99. The summed E-state index contributed by atoms with van der Waals surface area (Å²) in [5, 5.41) is 0. The average Bonchev–Trinajstić information content (AvgIpc) is 2.68. The molecule has 0 unspecified atom stereocenters. The maximum atomic E-state index is 13.3. The number of allylic oxidation sites excluding steroid dienone is 1. The Kier molecular flexibility index (Phi) is 4.89. The number of hydrogen-bond donors (Lipinski definition) is 0. The summed E-state index contributed by atoms with van der Waals surface area (Å²) in [7, 11) is 0. The molecular weight excluding hydrogens is 327 g/mol. The lowest BCUT2D eigenvalue weighted by molar-refractivity contribution is 0.263. The van der Waals surface area contributed by atoms with E-state index in [4.69, 9.17) is 0 Å². The number of para-hydroxylation sites is 1. The van der Waals surface area contributed by atoms with Crippen molar-refractivity contribution >= 4 is 11.5 Å². The van der Waals surface area contributed by atoms with E-state index in [1.807, 2.05) is 6.07 Å². The molecule has 2 aromatic rings. The lowest BCUT2D eigenvalue weighted by atomic mass is 10.00. The smallest absolute Gasteiger partial charge is 0.214 e. The van der Waals surface area contributed by atoms with Crippen LogP contribution in [0.2, 0.25) is 0 Å². The summed E-state index contributed by atoms with van der Waals surface area (Å²) in [6.07, 6.45) is 2.13. The number of rotatable bonds is 4. The Balaban J connectivity index is 1.33. The molecule has 0 atom stereocenters. The van der Waals surface area contributed by atoms with Crippen LogP contribution in [-0.2, 0) is 6.42 Å². The topological polar surface area (TPSA) is 22.6 Å². The number of nitrogens with zero attached hydrogens (tertiary/aromatic N) is 4. The zero-order valence-electron chi connectivity index (χ0n) is 15.1. The van der Waals surface area contributed by atoms with Crippen LogP contribution in [-0.4, -0.2) is 49.2 Å². The lowest BCUT2D eigenvalue weighted by Crippen LogP contribution is -2.49. The monoisotopic (exact) mass is 352 g/mol. The van der Waals surface area contributed by atoms with Gasteiger partial charge in [-0.3, -0.25) is 4.90 Å². The highest BCUT2D eigenvalue weighted by molar-refractivity contribution is 5.60. The van der Waals surface area contributed by atoms with E-state index in [1.54, 1.807) is 6.07 Å². The van der Waals surface area contributed by atoms with Crippen molar-refractivity contribution in [2.24, 2.45) is 0 Å². The molecule has 0 N–H and O–H groups in total. The number of aryl methyl sites for hydroxylation is 1. The standard InChI is InChI=1S/C21H25FN4/c1-17-9-10-18-5-2-3-6-19(18)26(17)16-13-24-11-14-25(15-12-24)21-8-4-7-20(22)23-21/h2-8H,1,9-16H2. The lowest BCUT2D eigenvalue weighted by Gasteiger charge is -2.38. The highest BCUT2D eigenvalue weighted by Crippen LogP contribution is 2.31. The molecule has 4 nitrogen and oxygen atoms in total. The first-order chi connectivity index (χ1) is 12.7. The van der Waals surface area contributed by atoms with Crippen LogP contribution >= 0.6 is 0 Å². The Morgan fingerprint density at radius 1 is 0.923 bits per heavy atom. The van der Waals surface area contributed by atoms with E-state index in [1.165, 1.54) is 23.0 Å². The number of benzene rings is 1. The minimum atomic E-state index is -0.410. The molecule has 0 aliphatic carbocycles. The fraction of sp³-hybridized carbons (Fsp3) is 0.381. The third-order valence-electron chi connectivity index (χ3n) is 5.38. The number of hydrogen-bond acceptors (Lipinski definition) is 4. The summed E-state index contributed by atoms with van der Waals surface area (Å²) in [5.74, 6) is 0.329. The van der Waals surface area contributed by atoms with E-state index in [0.29, 0.717) is 0 Å². The van der Waals surface area contributed by atoms with Crippen molar-refractivity contribution in [1.29, 1.82) is 0 Å². The van der Waals surface area contributed by atoms with Crippen LogP contribution in [0.4, 0.5) is 15.9 Å². The largest absolute Gasteiger partial charge is 0.354 e. The highest BCUT2D eigenvalue weighted by Gasteiger charge is 2.22. The van der Waals surface area contributed by atoms with Gasteiger partial charge in [-0.25, -0.2) is 4.98 Å². The van der Waals surface area contributed by atoms with Gasteiger partial charge in [0, 0.05) is 50.7 Å². The predicted molar refractivity (Wildman–Crippen MR) is 104 cm³/mol. The van der Waals surface area contributed by atoms with Crippen LogP contribution in [0.1, 0.15) is 12.0 Å².